The number of hydrogen-bond donors (Lipinski definition) is 2. The number of methoxy groups -OCH3 is 1. The Bertz CT molecular complexity index is 1080. The summed E-state index contributed by atoms with van der Waals surface area (Å²) in [6, 6.07) is 13.7. The Morgan fingerprint density at radius 1 is 1.20 bits per heavy atom. The molecule has 0 saturated carbocycles. The van der Waals surface area contributed by atoms with Crippen molar-refractivity contribution in [2.75, 3.05) is 24.4 Å². The lowest BCUT2D eigenvalue weighted by Gasteiger charge is -2.13. The van der Waals surface area contributed by atoms with Crippen LogP contribution in [0.1, 0.15) is 19.4 Å². The molecule has 30 heavy (non-hydrogen) atoms. The number of carbonyl (C=O) groups is 2. The zero-order valence-electron chi connectivity index (χ0n) is 16.6. The standard InChI is InChI=1S/C21H21N5O4/c1-3-30-17-7-5-4-6-15(17)22-18(27)12-16-20(28)24-21-23-19(25-26(16)21)13-8-10-14(29-2)11-9-13/h4-11,16H,3,12H2,1-2H3,(H,22,27)(H,23,24,25,28)/t16-/m1/s1. The van der Waals surface area contributed by atoms with Crippen LogP contribution in [-0.2, 0) is 9.59 Å². The lowest BCUT2D eigenvalue weighted by atomic mass is 10.2. The minimum absolute atomic E-state index is 0.0787. The van der Waals surface area contributed by atoms with E-state index in [2.05, 4.69) is 20.7 Å². The summed E-state index contributed by atoms with van der Waals surface area (Å²) < 4.78 is 12.1. The SMILES string of the molecule is CCOc1ccccc1NC(=O)C[C@@H]1C(=O)Nc2nc(-c3ccc(OC)cc3)nn21. The van der Waals surface area contributed by atoms with Gasteiger partial charge in [-0.1, -0.05) is 12.1 Å². The lowest BCUT2D eigenvalue weighted by Crippen LogP contribution is -2.24. The molecule has 3 aromatic rings. The predicted molar refractivity (Wildman–Crippen MR) is 111 cm³/mol. The summed E-state index contributed by atoms with van der Waals surface area (Å²) in [6.45, 7) is 2.35. The van der Waals surface area contributed by atoms with Crippen molar-refractivity contribution in [3.8, 4) is 22.9 Å². The topological polar surface area (TPSA) is 107 Å². The first-order valence-electron chi connectivity index (χ1n) is 9.52. The molecule has 1 aromatic heterocycles. The molecule has 0 spiro atoms. The van der Waals surface area contributed by atoms with Gasteiger partial charge in [0.1, 0.15) is 17.5 Å². The van der Waals surface area contributed by atoms with Crippen LogP contribution in [0, 0.1) is 0 Å². The molecule has 0 saturated heterocycles. The molecule has 0 unspecified atom stereocenters. The van der Waals surface area contributed by atoms with Crippen LogP contribution >= 0.6 is 0 Å². The van der Waals surface area contributed by atoms with Crippen LogP contribution in [0.25, 0.3) is 11.4 Å². The first-order chi connectivity index (χ1) is 14.6. The fourth-order valence-electron chi connectivity index (χ4n) is 3.20. The molecule has 1 aliphatic heterocycles. The van der Waals surface area contributed by atoms with Gasteiger partial charge in [-0.25, -0.2) is 4.68 Å². The van der Waals surface area contributed by atoms with E-state index in [1.54, 1.807) is 37.4 Å². The Morgan fingerprint density at radius 3 is 2.70 bits per heavy atom. The number of nitrogens with zero attached hydrogens (tertiary/aromatic N) is 3. The maximum atomic E-state index is 12.6. The number of amides is 2. The zero-order valence-corrected chi connectivity index (χ0v) is 16.6. The van der Waals surface area contributed by atoms with E-state index in [1.807, 2.05) is 25.1 Å². The van der Waals surface area contributed by atoms with Crippen molar-refractivity contribution in [3.63, 3.8) is 0 Å². The quantitative estimate of drug-likeness (QED) is 0.624. The zero-order chi connectivity index (χ0) is 21.1. The normalized spacial score (nSPS) is 14.7. The van der Waals surface area contributed by atoms with E-state index in [0.717, 1.165) is 11.3 Å². The van der Waals surface area contributed by atoms with Crippen LogP contribution < -0.4 is 20.1 Å². The molecule has 4 rings (SSSR count). The number of fused-ring (bicyclic) bond motifs is 1. The summed E-state index contributed by atoms with van der Waals surface area (Å²) in [7, 11) is 1.59. The van der Waals surface area contributed by atoms with Crippen molar-refractivity contribution >= 4 is 23.5 Å². The molecule has 1 aliphatic rings. The largest absolute Gasteiger partial charge is 0.497 e. The highest BCUT2D eigenvalue weighted by atomic mass is 16.5. The summed E-state index contributed by atoms with van der Waals surface area (Å²) in [4.78, 5) is 29.3. The summed E-state index contributed by atoms with van der Waals surface area (Å²) in [5.41, 5.74) is 1.33. The van der Waals surface area contributed by atoms with Crippen molar-refractivity contribution in [2.24, 2.45) is 0 Å². The number of anilines is 2. The Morgan fingerprint density at radius 2 is 1.97 bits per heavy atom. The minimum Gasteiger partial charge on any atom is -0.497 e. The van der Waals surface area contributed by atoms with Crippen LogP contribution in [0.3, 0.4) is 0 Å². The summed E-state index contributed by atoms with van der Waals surface area (Å²) in [6.07, 6.45) is -0.0787. The maximum absolute atomic E-state index is 12.6. The second-order valence-corrected chi connectivity index (χ2v) is 6.62. The number of aromatic nitrogens is 3. The molecule has 2 amide bonds. The molecule has 0 fully saturated rings. The van der Waals surface area contributed by atoms with E-state index in [1.165, 1.54) is 4.68 Å². The molecule has 2 heterocycles. The van der Waals surface area contributed by atoms with Crippen molar-refractivity contribution in [1.82, 2.24) is 14.8 Å². The Kier molecular flexibility index (Phi) is 5.34. The van der Waals surface area contributed by atoms with Gasteiger partial charge in [-0.15, -0.1) is 5.10 Å². The van der Waals surface area contributed by atoms with E-state index < -0.39 is 6.04 Å². The summed E-state index contributed by atoms with van der Waals surface area (Å²) >= 11 is 0. The Balaban J connectivity index is 1.50. The molecular formula is C21H21N5O4. The van der Waals surface area contributed by atoms with E-state index in [9.17, 15) is 9.59 Å². The van der Waals surface area contributed by atoms with E-state index in [4.69, 9.17) is 9.47 Å². The smallest absolute Gasteiger partial charge is 0.252 e. The number of hydrogen-bond acceptors (Lipinski definition) is 6. The molecule has 2 N–H and O–H groups in total. The van der Waals surface area contributed by atoms with Crippen molar-refractivity contribution in [3.05, 3.63) is 48.5 Å². The van der Waals surface area contributed by atoms with Crippen LogP contribution in [0.2, 0.25) is 0 Å². The predicted octanol–water partition coefficient (Wildman–Crippen LogP) is 2.87. The van der Waals surface area contributed by atoms with Crippen LogP contribution in [0.4, 0.5) is 11.6 Å². The third-order valence-electron chi connectivity index (χ3n) is 4.65. The summed E-state index contributed by atoms with van der Waals surface area (Å²) in [5, 5.41) is 9.92. The third-order valence-corrected chi connectivity index (χ3v) is 4.65. The van der Waals surface area contributed by atoms with Gasteiger partial charge in [0, 0.05) is 5.56 Å². The van der Waals surface area contributed by atoms with Crippen molar-refractivity contribution < 1.29 is 19.1 Å². The highest BCUT2D eigenvalue weighted by Gasteiger charge is 2.35. The van der Waals surface area contributed by atoms with E-state index in [-0.39, 0.29) is 18.2 Å². The van der Waals surface area contributed by atoms with Gasteiger partial charge >= 0.3 is 0 Å². The highest BCUT2D eigenvalue weighted by Crippen LogP contribution is 2.30. The minimum atomic E-state index is -0.779. The first-order valence-corrected chi connectivity index (χ1v) is 9.52. The molecule has 0 radical (unpaired) electrons. The van der Waals surface area contributed by atoms with Crippen LogP contribution in [-0.4, -0.2) is 40.3 Å². The van der Waals surface area contributed by atoms with Gasteiger partial charge in [0.15, 0.2) is 5.82 Å². The third kappa shape index (κ3) is 3.82. The van der Waals surface area contributed by atoms with Gasteiger partial charge in [0.2, 0.25) is 11.9 Å². The van der Waals surface area contributed by atoms with Crippen molar-refractivity contribution in [2.45, 2.75) is 19.4 Å². The van der Waals surface area contributed by atoms with Crippen molar-refractivity contribution in [1.29, 1.82) is 0 Å². The number of carbonyl (C=O) groups excluding carboxylic acids is 2. The van der Waals surface area contributed by atoms with Gasteiger partial charge in [-0.2, -0.15) is 4.98 Å². The van der Waals surface area contributed by atoms with E-state index >= 15 is 0 Å². The second kappa shape index (κ2) is 8.24. The molecule has 2 aromatic carbocycles. The first kappa shape index (κ1) is 19.4. The average Bonchev–Trinajstić information content (AvgIpc) is 3.28. The van der Waals surface area contributed by atoms with E-state index in [0.29, 0.717) is 29.8 Å². The highest BCUT2D eigenvalue weighted by molar-refractivity contribution is 6.01. The molecule has 154 valence electrons. The number of benzene rings is 2. The fraction of sp³-hybridized carbons (Fsp3) is 0.238. The molecule has 9 heteroatoms. The molecule has 0 aliphatic carbocycles. The maximum Gasteiger partial charge on any atom is 0.252 e. The molecular weight excluding hydrogens is 386 g/mol. The Hall–Kier alpha value is -3.88. The Labute approximate surface area is 173 Å². The molecule has 1 atom stereocenters. The van der Waals surface area contributed by atoms with Gasteiger partial charge in [-0.3, -0.25) is 14.9 Å². The monoisotopic (exact) mass is 407 g/mol. The number of nitrogens with one attached hydrogen (secondary N) is 2. The van der Waals surface area contributed by atoms with Gasteiger partial charge in [-0.05, 0) is 43.3 Å². The fourth-order valence-corrected chi connectivity index (χ4v) is 3.20. The average molecular weight is 407 g/mol. The van der Waals surface area contributed by atoms with Gasteiger partial charge < -0.3 is 14.8 Å². The number of rotatable bonds is 7. The second-order valence-electron chi connectivity index (χ2n) is 6.62. The van der Waals surface area contributed by atoms with Gasteiger partial charge in [0.25, 0.3) is 5.91 Å². The molecule has 0 bridgehead atoms. The number of para-hydroxylation sites is 2. The number of ether oxygens (including phenoxy) is 2. The van der Waals surface area contributed by atoms with Crippen LogP contribution in [0.5, 0.6) is 11.5 Å². The van der Waals surface area contributed by atoms with Crippen LogP contribution in [0.15, 0.2) is 48.5 Å². The molecule has 9 nitrogen and oxygen atoms in total. The lowest BCUT2D eigenvalue weighted by molar-refractivity contribution is -0.123. The summed E-state index contributed by atoms with van der Waals surface area (Å²) in [5.74, 6) is 1.43. The van der Waals surface area contributed by atoms with Gasteiger partial charge in [0.05, 0.1) is 25.8 Å².